The van der Waals surface area contributed by atoms with Crippen LogP contribution in [0.5, 0.6) is 0 Å². The fourth-order valence-electron chi connectivity index (χ4n) is 1.61. The minimum Gasteiger partial charge on any atom is -0.480 e. The highest BCUT2D eigenvalue weighted by atomic mass is 35.5. The molecule has 0 saturated heterocycles. The lowest BCUT2D eigenvalue weighted by Gasteiger charge is -2.15. The second kappa shape index (κ2) is 7.40. The number of sulfonamides is 1. The molecule has 1 atom stereocenters. The Kier molecular flexibility index (Phi) is 6.07. The van der Waals surface area contributed by atoms with E-state index in [0.29, 0.717) is 0 Å². The highest BCUT2D eigenvalue weighted by Crippen LogP contribution is 2.23. The van der Waals surface area contributed by atoms with Crippen LogP contribution in [0.1, 0.15) is 23.2 Å². The molecule has 0 saturated carbocycles. The first-order chi connectivity index (χ1) is 10.5. The summed E-state index contributed by atoms with van der Waals surface area (Å²) >= 11 is 5.74. The van der Waals surface area contributed by atoms with Crippen LogP contribution in [0, 0.1) is 0 Å². The Morgan fingerprint density at radius 3 is 2.35 bits per heavy atom. The number of primary amides is 1. The molecule has 1 aromatic rings. The van der Waals surface area contributed by atoms with Gasteiger partial charge in [-0.1, -0.05) is 11.6 Å². The maximum Gasteiger partial charge on any atom is 0.335 e. The maximum absolute atomic E-state index is 12.2. The summed E-state index contributed by atoms with van der Waals surface area (Å²) in [6.07, 6.45) is -0.706. The zero-order valence-electron chi connectivity index (χ0n) is 11.5. The molecule has 1 rings (SSSR count). The predicted octanol–water partition coefficient (Wildman–Crippen LogP) is 0.0352. The van der Waals surface area contributed by atoms with Crippen molar-refractivity contribution in [2.75, 3.05) is 0 Å². The third-order valence-corrected chi connectivity index (χ3v) is 4.70. The number of hydrogen-bond donors (Lipinski definition) is 4. The van der Waals surface area contributed by atoms with Gasteiger partial charge in [0.2, 0.25) is 15.9 Å². The van der Waals surface area contributed by atoms with Crippen LogP contribution >= 0.6 is 11.6 Å². The molecule has 23 heavy (non-hydrogen) atoms. The minimum absolute atomic E-state index is 0.276. The molecule has 0 heterocycles. The number of hydrogen-bond acceptors (Lipinski definition) is 5. The van der Waals surface area contributed by atoms with Gasteiger partial charge in [-0.15, -0.1) is 0 Å². The van der Waals surface area contributed by atoms with Crippen molar-refractivity contribution in [3.63, 3.8) is 0 Å². The van der Waals surface area contributed by atoms with Crippen molar-refractivity contribution < 1.29 is 33.0 Å². The lowest BCUT2D eigenvalue weighted by atomic mass is 10.2. The molecular weight excluding hydrogens is 352 g/mol. The number of benzene rings is 1. The second-order valence-electron chi connectivity index (χ2n) is 4.47. The summed E-state index contributed by atoms with van der Waals surface area (Å²) in [4.78, 5) is 32.1. The molecule has 1 aromatic carbocycles. The Labute approximate surface area is 136 Å². The number of amides is 1. The standard InChI is InChI=1S/C12H13ClN2O7S/c13-7-2-1-6(11(17)18)5-9(7)23(21,22)15-8(12(19)20)3-4-10(14)16/h1-2,5,8,15H,3-4H2,(H2,14,16)(H,17,18)(H,19,20)/t8-/m0/s1. The Morgan fingerprint density at radius 2 is 1.87 bits per heavy atom. The van der Waals surface area contributed by atoms with E-state index in [1.807, 2.05) is 4.72 Å². The lowest BCUT2D eigenvalue weighted by molar-refractivity contribution is -0.139. The van der Waals surface area contributed by atoms with E-state index in [-0.39, 0.29) is 23.4 Å². The van der Waals surface area contributed by atoms with Gasteiger partial charge < -0.3 is 15.9 Å². The monoisotopic (exact) mass is 364 g/mol. The molecule has 126 valence electrons. The number of aromatic carboxylic acids is 1. The first-order valence-electron chi connectivity index (χ1n) is 6.11. The van der Waals surface area contributed by atoms with Crippen molar-refractivity contribution >= 4 is 39.5 Å². The third-order valence-electron chi connectivity index (χ3n) is 2.74. The molecule has 0 unspecified atom stereocenters. The molecule has 11 heteroatoms. The van der Waals surface area contributed by atoms with Crippen molar-refractivity contribution in [2.24, 2.45) is 5.73 Å². The molecule has 0 aromatic heterocycles. The van der Waals surface area contributed by atoms with Crippen LogP contribution in [0.25, 0.3) is 0 Å². The van der Waals surface area contributed by atoms with Crippen LogP contribution in [0.4, 0.5) is 0 Å². The van der Waals surface area contributed by atoms with E-state index in [9.17, 15) is 22.8 Å². The van der Waals surface area contributed by atoms with Crippen molar-refractivity contribution in [2.45, 2.75) is 23.8 Å². The average Bonchev–Trinajstić information content (AvgIpc) is 2.42. The van der Waals surface area contributed by atoms with E-state index in [0.717, 1.165) is 18.2 Å². The summed E-state index contributed by atoms with van der Waals surface area (Å²) in [5, 5.41) is 17.6. The Morgan fingerprint density at radius 1 is 1.26 bits per heavy atom. The molecule has 0 radical (unpaired) electrons. The molecular formula is C12H13ClN2O7S. The highest BCUT2D eigenvalue weighted by molar-refractivity contribution is 7.89. The number of carbonyl (C=O) groups is 3. The summed E-state index contributed by atoms with van der Waals surface area (Å²) < 4.78 is 26.3. The van der Waals surface area contributed by atoms with E-state index in [1.165, 1.54) is 0 Å². The molecule has 5 N–H and O–H groups in total. The number of halogens is 1. The molecule has 9 nitrogen and oxygen atoms in total. The first kappa shape index (κ1) is 18.9. The summed E-state index contributed by atoms with van der Waals surface area (Å²) in [7, 11) is -4.42. The van der Waals surface area contributed by atoms with E-state index < -0.39 is 38.8 Å². The zero-order chi connectivity index (χ0) is 17.8. The fourth-order valence-corrected chi connectivity index (χ4v) is 3.36. The number of rotatable bonds is 8. The number of carboxylic acid groups (broad SMARTS) is 2. The maximum atomic E-state index is 12.2. The Hall–Kier alpha value is -2.17. The van der Waals surface area contributed by atoms with E-state index in [1.54, 1.807) is 0 Å². The number of carboxylic acids is 2. The number of aliphatic carboxylic acids is 1. The van der Waals surface area contributed by atoms with Crippen LogP contribution < -0.4 is 10.5 Å². The summed E-state index contributed by atoms with van der Waals surface area (Å²) in [6, 6.07) is 1.36. The third kappa shape index (κ3) is 5.20. The Bertz CT molecular complexity index is 748. The van der Waals surface area contributed by atoms with Gasteiger partial charge in [0.05, 0.1) is 10.6 Å². The molecule has 1 amide bonds. The van der Waals surface area contributed by atoms with E-state index in [4.69, 9.17) is 27.5 Å². The van der Waals surface area contributed by atoms with Gasteiger partial charge in [-0.05, 0) is 24.6 Å². The van der Waals surface area contributed by atoms with Gasteiger partial charge in [-0.25, -0.2) is 13.2 Å². The van der Waals surface area contributed by atoms with Gasteiger partial charge in [0.1, 0.15) is 10.9 Å². The lowest BCUT2D eigenvalue weighted by Crippen LogP contribution is -2.41. The van der Waals surface area contributed by atoms with Crippen LogP contribution in [0.3, 0.4) is 0 Å². The van der Waals surface area contributed by atoms with Gasteiger partial charge in [-0.3, -0.25) is 9.59 Å². The van der Waals surface area contributed by atoms with Crippen molar-refractivity contribution in [1.82, 2.24) is 4.72 Å². The quantitative estimate of drug-likeness (QED) is 0.505. The molecule has 0 aliphatic carbocycles. The van der Waals surface area contributed by atoms with Gasteiger partial charge in [0.15, 0.2) is 0 Å². The number of nitrogens with two attached hydrogens (primary N) is 1. The van der Waals surface area contributed by atoms with Crippen LogP contribution in [-0.2, 0) is 19.6 Å². The molecule has 0 aliphatic rings. The van der Waals surface area contributed by atoms with Gasteiger partial charge in [0.25, 0.3) is 0 Å². The SMILES string of the molecule is NC(=O)CC[C@H](NS(=O)(=O)c1cc(C(=O)O)ccc1Cl)C(=O)O. The van der Waals surface area contributed by atoms with Gasteiger partial charge in [-0.2, -0.15) is 4.72 Å². The molecule has 0 fully saturated rings. The smallest absolute Gasteiger partial charge is 0.335 e. The second-order valence-corrected chi connectivity index (χ2v) is 6.56. The van der Waals surface area contributed by atoms with Crippen LogP contribution in [-0.4, -0.2) is 42.5 Å². The largest absolute Gasteiger partial charge is 0.480 e. The van der Waals surface area contributed by atoms with Crippen molar-refractivity contribution in [3.05, 3.63) is 28.8 Å². The zero-order valence-corrected chi connectivity index (χ0v) is 13.1. The predicted molar refractivity (Wildman–Crippen MR) is 78.6 cm³/mol. The Balaban J connectivity index is 3.14. The molecule has 0 bridgehead atoms. The van der Waals surface area contributed by atoms with Crippen molar-refractivity contribution in [1.29, 1.82) is 0 Å². The van der Waals surface area contributed by atoms with Crippen molar-refractivity contribution in [3.8, 4) is 0 Å². The van der Waals surface area contributed by atoms with Gasteiger partial charge >= 0.3 is 11.9 Å². The first-order valence-corrected chi connectivity index (χ1v) is 7.97. The number of carbonyl (C=O) groups excluding carboxylic acids is 1. The van der Waals surface area contributed by atoms with Crippen LogP contribution in [0.2, 0.25) is 5.02 Å². The summed E-state index contributed by atoms with van der Waals surface area (Å²) in [6.45, 7) is 0. The minimum atomic E-state index is -4.42. The molecule has 0 aliphatic heterocycles. The highest BCUT2D eigenvalue weighted by Gasteiger charge is 2.27. The summed E-state index contributed by atoms with van der Waals surface area (Å²) in [5.41, 5.74) is 4.56. The number of nitrogens with one attached hydrogen (secondary N) is 1. The van der Waals surface area contributed by atoms with Crippen LogP contribution in [0.15, 0.2) is 23.1 Å². The van der Waals surface area contributed by atoms with E-state index in [2.05, 4.69) is 0 Å². The van der Waals surface area contributed by atoms with E-state index >= 15 is 0 Å². The summed E-state index contributed by atoms with van der Waals surface area (Å²) in [5.74, 6) is -3.68. The van der Waals surface area contributed by atoms with Gasteiger partial charge in [0, 0.05) is 6.42 Å². The molecule has 0 spiro atoms. The fraction of sp³-hybridized carbons (Fsp3) is 0.250. The normalized spacial score (nSPS) is 12.6. The topological polar surface area (TPSA) is 164 Å². The average molecular weight is 365 g/mol.